The second-order valence-corrected chi connectivity index (χ2v) is 4.62. The van der Waals surface area contributed by atoms with Crippen molar-refractivity contribution in [2.75, 3.05) is 14.2 Å². The fraction of sp³-hybridized carbons (Fsp3) is 0.176. The second-order valence-electron chi connectivity index (χ2n) is 4.62. The molecule has 3 rings (SSSR count). The molecule has 0 saturated carbocycles. The lowest BCUT2D eigenvalue weighted by Crippen LogP contribution is -1.94. The van der Waals surface area contributed by atoms with Gasteiger partial charge in [0.05, 0.1) is 14.2 Å². The molecule has 3 aromatic carbocycles. The summed E-state index contributed by atoms with van der Waals surface area (Å²) in [4.78, 5) is 0. The maximum absolute atomic E-state index is 5.46. The van der Waals surface area contributed by atoms with E-state index < -0.39 is 0 Å². The summed E-state index contributed by atoms with van der Waals surface area (Å²) in [5, 5.41) is 4.88. The summed E-state index contributed by atoms with van der Waals surface area (Å²) in [7, 11) is 3.35. The van der Waals surface area contributed by atoms with Crippen LogP contribution in [-0.4, -0.2) is 14.2 Å². The summed E-state index contributed by atoms with van der Waals surface area (Å²) in [6.07, 6.45) is 0. The molecule has 0 amide bonds. The van der Waals surface area contributed by atoms with E-state index in [0.717, 1.165) is 17.1 Å². The topological polar surface area (TPSA) is 18.5 Å². The molecule has 19 heavy (non-hydrogen) atoms. The molecule has 0 heterocycles. The first-order valence-electron chi connectivity index (χ1n) is 6.29. The Labute approximate surface area is 112 Å². The molecule has 0 fully saturated rings. The monoisotopic (exact) mass is 252 g/mol. The van der Waals surface area contributed by atoms with Gasteiger partial charge in [-0.3, -0.25) is 0 Å². The molecule has 96 valence electrons. The number of fused-ring (bicyclic) bond motifs is 3. The minimum absolute atomic E-state index is 0.781. The lowest BCUT2D eigenvalue weighted by molar-refractivity contribution is 0.354. The lowest BCUT2D eigenvalue weighted by atomic mass is 9.98. The Morgan fingerprint density at radius 1 is 0.789 bits per heavy atom. The molecule has 3 aromatic rings. The van der Waals surface area contributed by atoms with E-state index in [0.29, 0.717) is 0 Å². The van der Waals surface area contributed by atoms with Gasteiger partial charge >= 0.3 is 0 Å². The Morgan fingerprint density at radius 2 is 1.58 bits per heavy atom. The lowest BCUT2D eigenvalue weighted by Gasteiger charge is -2.14. The minimum Gasteiger partial charge on any atom is -0.493 e. The molecule has 0 atom stereocenters. The molecular weight excluding hydrogens is 236 g/mol. The Bertz CT molecular complexity index is 760. The highest BCUT2D eigenvalue weighted by molar-refractivity contribution is 6.09. The van der Waals surface area contributed by atoms with Crippen molar-refractivity contribution in [1.82, 2.24) is 0 Å². The number of hydrogen-bond acceptors (Lipinski definition) is 2. The van der Waals surface area contributed by atoms with Gasteiger partial charge in [0.1, 0.15) is 0 Å². The van der Waals surface area contributed by atoms with Gasteiger partial charge in [0.15, 0.2) is 11.5 Å². The van der Waals surface area contributed by atoms with Gasteiger partial charge in [-0.25, -0.2) is 0 Å². The van der Waals surface area contributed by atoms with Crippen LogP contribution < -0.4 is 9.47 Å². The minimum atomic E-state index is 0.781. The van der Waals surface area contributed by atoms with Gasteiger partial charge in [0.2, 0.25) is 0 Å². The van der Waals surface area contributed by atoms with Crippen molar-refractivity contribution in [3.05, 3.63) is 48.0 Å². The average molecular weight is 252 g/mol. The molecule has 2 heteroatoms. The molecule has 0 N–H and O–H groups in total. The predicted molar refractivity (Wildman–Crippen MR) is 79.3 cm³/mol. The second kappa shape index (κ2) is 4.47. The summed E-state index contributed by atoms with van der Waals surface area (Å²) >= 11 is 0. The Hall–Kier alpha value is -2.22. The van der Waals surface area contributed by atoms with Gasteiger partial charge in [0, 0.05) is 5.56 Å². The van der Waals surface area contributed by atoms with E-state index in [2.05, 4.69) is 49.4 Å². The van der Waals surface area contributed by atoms with Crippen LogP contribution in [0.2, 0.25) is 0 Å². The quantitative estimate of drug-likeness (QED) is 0.632. The number of rotatable bonds is 2. The fourth-order valence-corrected chi connectivity index (χ4v) is 2.69. The van der Waals surface area contributed by atoms with Crippen molar-refractivity contribution in [2.45, 2.75) is 6.92 Å². The maximum Gasteiger partial charge on any atom is 0.164 e. The predicted octanol–water partition coefficient (Wildman–Crippen LogP) is 4.32. The zero-order valence-electron chi connectivity index (χ0n) is 11.4. The van der Waals surface area contributed by atoms with Crippen molar-refractivity contribution in [1.29, 1.82) is 0 Å². The smallest absolute Gasteiger partial charge is 0.164 e. The summed E-state index contributed by atoms with van der Waals surface area (Å²) < 4.78 is 10.9. The van der Waals surface area contributed by atoms with Crippen molar-refractivity contribution in [3.8, 4) is 11.5 Å². The van der Waals surface area contributed by atoms with Gasteiger partial charge in [-0.05, 0) is 34.5 Å². The Balaban J connectivity index is 2.50. The molecule has 0 aliphatic carbocycles. The fourth-order valence-electron chi connectivity index (χ4n) is 2.69. The highest BCUT2D eigenvalue weighted by Gasteiger charge is 2.12. The number of ether oxygens (including phenoxy) is 2. The molecule has 0 aliphatic rings. The molecule has 0 radical (unpaired) electrons. The van der Waals surface area contributed by atoms with Crippen LogP contribution in [0.25, 0.3) is 21.5 Å². The molecule has 0 spiro atoms. The summed E-state index contributed by atoms with van der Waals surface area (Å²) in [5.74, 6) is 1.59. The maximum atomic E-state index is 5.46. The van der Waals surface area contributed by atoms with E-state index >= 15 is 0 Å². The normalized spacial score (nSPS) is 10.9. The van der Waals surface area contributed by atoms with Gasteiger partial charge in [-0.1, -0.05) is 36.4 Å². The molecule has 0 aliphatic heterocycles. The highest BCUT2D eigenvalue weighted by atomic mass is 16.5. The van der Waals surface area contributed by atoms with Gasteiger partial charge in [-0.15, -0.1) is 0 Å². The van der Waals surface area contributed by atoms with Gasteiger partial charge < -0.3 is 9.47 Å². The third-order valence-corrected chi connectivity index (χ3v) is 3.64. The van der Waals surface area contributed by atoms with E-state index in [4.69, 9.17) is 9.47 Å². The Morgan fingerprint density at radius 3 is 2.32 bits per heavy atom. The number of methoxy groups -OCH3 is 2. The van der Waals surface area contributed by atoms with Crippen molar-refractivity contribution >= 4 is 21.5 Å². The zero-order chi connectivity index (χ0) is 13.4. The molecule has 0 aromatic heterocycles. The van der Waals surface area contributed by atoms with E-state index in [-0.39, 0.29) is 0 Å². The first kappa shape index (κ1) is 11.8. The van der Waals surface area contributed by atoms with Crippen LogP contribution >= 0.6 is 0 Å². The third-order valence-electron chi connectivity index (χ3n) is 3.64. The number of hydrogen-bond donors (Lipinski definition) is 0. The van der Waals surface area contributed by atoms with Crippen LogP contribution in [0, 0.1) is 6.92 Å². The molecule has 0 unspecified atom stereocenters. The molecule has 2 nitrogen and oxygen atoms in total. The van der Waals surface area contributed by atoms with Crippen LogP contribution in [0.1, 0.15) is 5.56 Å². The summed E-state index contributed by atoms with van der Waals surface area (Å²) in [6.45, 7) is 2.07. The number of benzene rings is 3. The van der Waals surface area contributed by atoms with Crippen molar-refractivity contribution in [3.63, 3.8) is 0 Å². The van der Waals surface area contributed by atoms with Crippen LogP contribution in [0.5, 0.6) is 11.5 Å². The SMILES string of the molecule is COc1cc2c(ccc3ccccc32)c(C)c1OC. The first-order valence-corrected chi connectivity index (χ1v) is 6.29. The molecule has 0 bridgehead atoms. The van der Waals surface area contributed by atoms with Crippen LogP contribution in [0.3, 0.4) is 0 Å². The van der Waals surface area contributed by atoms with E-state index in [1.165, 1.54) is 21.5 Å². The van der Waals surface area contributed by atoms with Crippen LogP contribution in [0.4, 0.5) is 0 Å². The summed E-state index contributed by atoms with van der Waals surface area (Å²) in [6, 6.07) is 14.7. The molecule has 0 saturated heterocycles. The standard InChI is InChI=1S/C17H16O2/c1-11-13-9-8-12-6-4-5-7-14(12)15(13)10-16(18-2)17(11)19-3/h4-10H,1-3H3. The Kier molecular flexibility index (Phi) is 2.79. The van der Waals surface area contributed by atoms with E-state index in [1.54, 1.807) is 14.2 Å². The molecular formula is C17H16O2. The third kappa shape index (κ3) is 1.72. The summed E-state index contributed by atoms with van der Waals surface area (Å²) in [5.41, 5.74) is 1.11. The number of aryl methyl sites for hydroxylation is 1. The van der Waals surface area contributed by atoms with Gasteiger partial charge in [0.25, 0.3) is 0 Å². The van der Waals surface area contributed by atoms with E-state index in [1.807, 2.05) is 0 Å². The van der Waals surface area contributed by atoms with E-state index in [9.17, 15) is 0 Å². The largest absolute Gasteiger partial charge is 0.493 e. The van der Waals surface area contributed by atoms with Crippen LogP contribution in [-0.2, 0) is 0 Å². The van der Waals surface area contributed by atoms with Crippen LogP contribution in [0.15, 0.2) is 42.5 Å². The van der Waals surface area contributed by atoms with Crippen molar-refractivity contribution < 1.29 is 9.47 Å². The average Bonchev–Trinajstić information content (AvgIpc) is 2.46. The van der Waals surface area contributed by atoms with Gasteiger partial charge in [-0.2, -0.15) is 0 Å². The highest BCUT2D eigenvalue weighted by Crippen LogP contribution is 2.39. The van der Waals surface area contributed by atoms with Crippen molar-refractivity contribution in [2.24, 2.45) is 0 Å². The zero-order valence-corrected chi connectivity index (χ0v) is 11.4. The first-order chi connectivity index (χ1) is 9.26.